The van der Waals surface area contributed by atoms with Crippen molar-refractivity contribution >= 4 is 15.9 Å². The average molecular weight is 346 g/mol. The van der Waals surface area contributed by atoms with Gasteiger partial charge in [0.2, 0.25) is 0 Å². The van der Waals surface area contributed by atoms with Crippen molar-refractivity contribution in [3.05, 3.63) is 82.6 Å². The molecule has 0 radical (unpaired) electrons. The fraction of sp³-hybridized carbons (Fsp3) is 0.0625. The first kappa shape index (κ1) is 14.0. The van der Waals surface area contributed by atoms with Gasteiger partial charge in [-0.05, 0) is 23.8 Å². The highest BCUT2D eigenvalue weighted by atomic mass is 79.9. The van der Waals surface area contributed by atoms with Gasteiger partial charge < -0.3 is 5.73 Å². The summed E-state index contributed by atoms with van der Waals surface area (Å²) in [6.45, 7) is 0. The largest absolute Gasteiger partial charge is 0.319 e. The molecular weight excluding hydrogens is 333 g/mol. The molecule has 5 heteroatoms. The van der Waals surface area contributed by atoms with Crippen LogP contribution in [-0.4, -0.2) is 9.55 Å². The van der Waals surface area contributed by atoms with Gasteiger partial charge in [-0.1, -0.05) is 46.3 Å². The molecule has 1 aromatic heterocycles. The van der Waals surface area contributed by atoms with Gasteiger partial charge in [-0.15, -0.1) is 0 Å². The van der Waals surface area contributed by atoms with Crippen LogP contribution in [0.2, 0.25) is 0 Å². The first-order valence-electron chi connectivity index (χ1n) is 6.45. The molecular formula is C16H13BrFN3. The Morgan fingerprint density at radius 3 is 2.62 bits per heavy atom. The molecule has 21 heavy (non-hydrogen) atoms. The third-order valence-electron chi connectivity index (χ3n) is 3.31. The molecule has 0 aliphatic rings. The van der Waals surface area contributed by atoms with Crippen LogP contribution in [-0.2, 0) is 0 Å². The molecule has 0 fully saturated rings. The summed E-state index contributed by atoms with van der Waals surface area (Å²) in [6.07, 6.45) is 3.24. The Hall–Kier alpha value is -1.98. The van der Waals surface area contributed by atoms with Crippen LogP contribution in [0.4, 0.5) is 4.39 Å². The predicted molar refractivity (Wildman–Crippen MR) is 83.7 cm³/mol. The molecule has 106 valence electrons. The molecule has 0 aliphatic carbocycles. The van der Waals surface area contributed by atoms with E-state index < -0.39 is 0 Å². The van der Waals surface area contributed by atoms with Crippen molar-refractivity contribution in [2.75, 3.05) is 0 Å². The number of imidazole rings is 1. The smallest absolute Gasteiger partial charge is 0.148 e. The monoisotopic (exact) mass is 345 g/mol. The highest BCUT2D eigenvalue weighted by molar-refractivity contribution is 9.10. The second-order valence-corrected chi connectivity index (χ2v) is 5.59. The van der Waals surface area contributed by atoms with Gasteiger partial charge in [0.05, 0.1) is 29.9 Å². The van der Waals surface area contributed by atoms with Gasteiger partial charge in [0.1, 0.15) is 5.82 Å². The lowest BCUT2D eigenvalue weighted by atomic mass is 10.1. The first-order chi connectivity index (χ1) is 10.2. The van der Waals surface area contributed by atoms with E-state index >= 15 is 0 Å². The molecule has 0 bridgehead atoms. The Balaban J connectivity index is 2.05. The SMILES string of the molecule is NC(c1ccccc1)c1cncn1-c1ccc(Br)cc1F. The molecule has 3 aromatic rings. The number of benzene rings is 2. The Morgan fingerprint density at radius 1 is 1.14 bits per heavy atom. The molecule has 1 unspecified atom stereocenters. The van der Waals surface area contributed by atoms with Crippen molar-refractivity contribution in [3.8, 4) is 5.69 Å². The number of nitrogens with two attached hydrogens (primary N) is 1. The van der Waals surface area contributed by atoms with Crippen LogP contribution in [0.1, 0.15) is 17.3 Å². The lowest BCUT2D eigenvalue weighted by Crippen LogP contribution is -2.16. The van der Waals surface area contributed by atoms with Crippen LogP contribution >= 0.6 is 15.9 Å². The third kappa shape index (κ3) is 2.75. The lowest BCUT2D eigenvalue weighted by Gasteiger charge is -2.15. The fourth-order valence-electron chi connectivity index (χ4n) is 2.24. The van der Waals surface area contributed by atoms with E-state index in [9.17, 15) is 4.39 Å². The molecule has 0 aliphatic heterocycles. The van der Waals surface area contributed by atoms with Gasteiger partial charge in [-0.25, -0.2) is 9.37 Å². The quantitative estimate of drug-likeness (QED) is 0.784. The summed E-state index contributed by atoms with van der Waals surface area (Å²) < 4.78 is 16.5. The molecule has 3 nitrogen and oxygen atoms in total. The number of aromatic nitrogens is 2. The van der Waals surface area contributed by atoms with Crippen molar-refractivity contribution in [1.29, 1.82) is 0 Å². The van der Waals surface area contributed by atoms with Crippen LogP contribution in [0.25, 0.3) is 5.69 Å². The number of halogens is 2. The highest BCUT2D eigenvalue weighted by Crippen LogP contribution is 2.25. The summed E-state index contributed by atoms with van der Waals surface area (Å²) in [7, 11) is 0. The Morgan fingerprint density at radius 2 is 1.90 bits per heavy atom. The van der Waals surface area contributed by atoms with Gasteiger partial charge in [0, 0.05) is 4.47 Å². The summed E-state index contributed by atoms with van der Waals surface area (Å²) in [5, 5.41) is 0. The molecule has 0 saturated heterocycles. The molecule has 2 aromatic carbocycles. The van der Waals surface area contributed by atoms with E-state index in [1.807, 2.05) is 30.3 Å². The molecule has 3 rings (SSSR count). The first-order valence-corrected chi connectivity index (χ1v) is 7.24. The molecule has 1 heterocycles. The fourth-order valence-corrected chi connectivity index (χ4v) is 2.58. The van der Waals surface area contributed by atoms with E-state index in [0.717, 1.165) is 11.3 Å². The molecule has 0 spiro atoms. The van der Waals surface area contributed by atoms with Gasteiger partial charge in [-0.3, -0.25) is 4.57 Å². The van der Waals surface area contributed by atoms with Crippen LogP contribution in [0.3, 0.4) is 0 Å². The minimum absolute atomic E-state index is 0.330. The predicted octanol–water partition coefficient (Wildman–Crippen LogP) is 3.82. The molecule has 1 atom stereocenters. The van der Waals surface area contributed by atoms with E-state index in [1.165, 1.54) is 6.07 Å². The van der Waals surface area contributed by atoms with Crippen LogP contribution in [0, 0.1) is 5.82 Å². The standard InChI is InChI=1S/C16H13BrFN3/c17-12-6-7-14(13(18)8-12)21-10-20-9-15(21)16(19)11-4-2-1-3-5-11/h1-10,16H,19H2. The number of hydrogen-bond donors (Lipinski definition) is 1. The van der Waals surface area contributed by atoms with Crippen molar-refractivity contribution in [1.82, 2.24) is 9.55 Å². The summed E-state index contributed by atoms with van der Waals surface area (Å²) in [4.78, 5) is 4.11. The second-order valence-electron chi connectivity index (χ2n) is 4.67. The summed E-state index contributed by atoms with van der Waals surface area (Å²) in [5.41, 5.74) is 8.41. The zero-order chi connectivity index (χ0) is 14.8. The minimum Gasteiger partial charge on any atom is -0.319 e. The Labute approximate surface area is 130 Å². The van der Waals surface area contributed by atoms with Gasteiger partial charge in [-0.2, -0.15) is 0 Å². The number of rotatable bonds is 3. The third-order valence-corrected chi connectivity index (χ3v) is 3.81. The van der Waals surface area contributed by atoms with E-state index in [-0.39, 0.29) is 11.9 Å². The second kappa shape index (κ2) is 5.79. The minimum atomic E-state index is -0.364. The van der Waals surface area contributed by atoms with E-state index in [0.29, 0.717) is 10.2 Å². The van der Waals surface area contributed by atoms with E-state index in [2.05, 4.69) is 20.9 Å². The zero-order valence-corrected chi connectivity index (χ0v) is 12.7. The molecule has 0 saturated carbocycles. The normalized spacial score (nSPS) is 12.3. The van der Waals surface area contributed by atoms with Crippen molar-refractivity contribution in [2.45, 2.75) is 6.04 Å². The van der Waals surface area contributed by atoms with E-state index in [1.54, 1.807) is 29.2 Å². The number of nitrogens with zero attached hydrogens (tertiary/aromatic N) is 2. The summed E-state index contributed by atoms with van der Waals surface area (Å²) in [6, 6.07) is 14.2. The summed E-state index contributed by atoms with van der Waals surface area (Å²) in [5.74, 6) is -0.330. The number of hydrogen-bond acceptors (Lipinski definition) is 2. The summed E-state index contributed by atoms with van der Waals surface area (Å²) >= 11 is 3.25. The maximum absolute atomic E-state index is 14.1. The van der Waals surface area contributed by atoms with Gasteiger partial charge in [0.15, 0.2) is 0 Å². The molecule has 0 amide bonds. The zero-order valence-electron chi connectivity index (χ0n) is 11.1. The van der Waals surface area contributed by atoms with Gasteiger partial charge >= 0.3 is 0 Å². The Bertz CT molecular complexity index is 755. The Kier molecular flexibility index (Phi) is 3.86. The van der Waals surface area contributed by atoms with Crippen LogP contribution in [0.15, 0.2) is 65.5 Å². The maximum atomic E-state index is 14.1. The molecule has 2 N–H and O–H groups in total. The van der Waals surface area contributed by atoms with Crippen molar-refractivity contribution < 1.29 is 4.39 Å². The van der Waals surface area contributed by atoms with E-state index in [4.69, 9.17) is 5.73 Å². The van der Waals surface area contributed by atoms with Crippen molar-refractivity contribution in [2.24, 2.45) is 5.73 Å². The maximum Gasteiger partial charge on any atom is 0.148 e. The average Bonchev–Trinajstić information content (AvgIpc) is 2.96. The van der Waals surface area contributed by atoms with Crippen LogP contribution in [0.5, 0.6) is 0 Å². The van der Waals surface area contributed by atoms with Gasteiger partial charge in [0.25, 0.3) is 0 Å². The topological polar surface area (TPSA) is 43.8 Å². The lowest BCUT2D eigenvalue weighted by molar-refractivity contribution is 0.613. The van der Waals surface area contributed by atoms with Crippen molar-refractivity contribution in [3.63, 3.8) is 0 Å². The van der Waals surface area contributed by atoms with Crippen LogP contribution < -0.4 is 5.73 Å². The highest BCUT2D eigenvalue weighted by Gasteiger charge is 2.16.